The molecule has 132 valence electrons. The van der Waals surface area contributed by atoms with Gasteiger partial charge in [-0.2, -0.15) is 24.5 Å². The molecule has 1 aromatic carbocycles. The fourth-order valence-corrected chi connectivity index (χ4v) is 3.60. The number of thiophene rings is 1. The van der Waals surface area contributed by atoms with Gasteiger partial charge in [0.15, 0.2) is 0 Å². The highest BCUT2D eigenvalue weighted by Crippen LogP contribution is 2.36. The topological polar surface area (TPSA) is 15.3 Å². The number of alkyl halides is 3. The number of rotatable bonds is 3. The Morgan fingerprint density at radius 2 is 1.79 bits per heavy atom. The number of halogens is 5. The minimum absolute atomic E-state index is 0. The van der Waals surface area contributed by atoms with Gasteiger partial charge in [-0.3, -0.25) is 4.90 Å². The van der Waals surface area contributed by atoms with E-state index in [2.05, 4.69) is 10.2 Å². The van der Waals surface area contributed by atoms with Gasteiger partial charge in [0, 0.05) is 26.2 Å². The van der Waals surface area contributed by atoms with E-state index in [1.807, 2.05) is 16.8 Å². The minimum Gasteiger partial charge on any atom is -0.314 e. The molecule has 0 bridgehead atoms. The Morgan fingerprint density at radius 3 is 2.38 bits per heavy atom. The lowest BCUT2D eigenvalue weighted by atomic mass is 9.96. The van der Waals surface area contributed by atoms with E-state index < -0.39 is 17.6 Å². The molecule has 0 aliphatic carbocycles. The third-order valence-corrected chi connectivity index (χ3v) is 4.64. The Bertz CT molecular complexity index is 655. The van der Waals surface area contributed by atoms with E-state index in [-0.39, 0.29) is 18.4 Å². The molecule has 0 radical (unpaired) electrons. The van der Waals surface area contributed by atoms with Crippen LogP contribution in [0.4, 0.5) is 17.6 Å². The molecule has 0 amide bonds. The molecule has 1 atom stereocenters. The fourth-order valence-electron chi connectivity index (χ4n) is 2.92. The first-order valence-corrected chi connectivity index (χ1v) is 8.24. The molecule has 2 nitrogen and oxygen atoms in total. The Hall–Kier alpha value is -1.15. The van der Waals surface area contributed by atoms with Crippen LogP contribution in [0, 0.1) is 5.82 Å². The lowest BCUT2D eigenvalue weighted by molar-refractivity contribution is -0.137. The second-order valence-corrected chi connectivity index (χ2v) is 6.30. The Balaban J connectivity index is 0.00000208. The quantitative estimate of drug-likeness (QED) is 0.798. The van der Waals surface area contributed by atoms with E-state index in [9.17, 15) is 17.6 Å². The van der Waals surface area contributed by atoms with E-state index in [0.29, 0.717) is 24.7 Å². The van der Waals surface area contributed by atoms with Gasteiger partial charge in [0.05, 0.1) is 11.6 Å². The van der Waals surface area contributed by atoms with Gasteiger partial charge >= 0.3 is 6.18 Å². The normalized spacial score (nSPS) is 17.3. The molecule has 3 rings (SSSR count). The van der Waals surface area contributed by atoms with Gasteiger partial charge < -0.3 is 5.32 Å². The second-order valence-electron chi connectivity index (χ2n) is 5.52. The molecule has 8 heteroatoms. The summed E-state index contributed by atoms with van der Waals surface area (Å²) in [5.41, 5.74) is 0.302. The van der Waals surface area contributed by atoms with E-state index in [1.165, 1.54) is 17.4 Å². The lowest BCUT2D eigenvalue weighted by Crippen LogP contribution is -2.45. The molecular formula is C16H17ClF4N2S. The molecule has 2 aromatic rings. The molecule has 1 fully saturated rings. The number of hydrogen-bond donors (Lipinski definition) is 1. The average Bonchev–Trinajstić information content (AvgIpc) is 3.01. The minimum atomic E-state index is -4.56. The van der Waals surface area contributed by atoms with E-state index in [1.54, 1.807) is 0 Å². The Morgan fingerprint density at radius 1 is 1.08 bits per heavy atom. The van der Waals surface area contributed by atoms with Crippen LogP contribution in [0.1, 0.15) is 22.7 Å². The summed E-state index contributed by atoms with van der Waals surface area (Å²) in [5.74, 6) is -0.856. The molecule has 0 unspecified atom stereocenters. The summed E-state index contributed by atoms with van der Waals surface area (Å²) in [5, 5.41) is 7.01. The highest BCUT2D eigenvalue weighted by atomic mass is 35.5. The number of piperazine rings is 1. The molecule has 1 aromatic heterocycles. The summed E-state index contributed by atoms with van der Waals surface area (Å²) in [6.07, 6.45) is -4.56. The van der Waals surface area contributed by atoms with Gasteiger partial charge in [-0.25, -0.2) is 4.39 Å². The SMILES string of the molecule is Cl.Fc1cc([C@H](c2ccsc2)N2CCNCC2)cc(C(F)(F)F)c1. The van der Waals surface area contributed by atoms with Crippen LogP contribution in [-0.4, -0.2) is 31.1 Å². The summed E-state index contributed by atoms with van der Waals surface area (Å²) in [4.78, 5) is 2.09. The summed E-state index contributed by atoms with van der Waals surface area (Å²) in [7, 11) is 0. The van der Waals surface area contributed by atoms with Crippen molar-refractivity contribution in [2.24, 2.45) is 0 Å². The molecule has 1 saturated heterocycles. The third-order valence-electron chi connectivity index (χ3n) is 3.94. The van der Waals surface area contributed by atoms with Crippen LogP contribution in [0.5, 0.6) is 0 Å². The third kappa shape index (κ3) is 4.27. The van der Waals surface area contributed by atoms with Crippen molar-refractivity contribution in [2.75, 3.05) is 26.2 Å². The van der Waals surface area contributed by atoms with Crippen molar-refractivity contribution in [3.63, 3.8) is 0 Å². The predicted molar refractivity (Wildman–Crippen MR) is 89.3 cm³/mol. The van der Waals surface area contributed by atoms with Gasteiger partial charge in [-0.15, -0.1) is 12.4 Å². The summed E-state index contributed by atoms with van der Waals surface area (Å²) in [6.45, 7) is 2.95. The van der Waals surface area contributed by atoms with Crippen LogP contribution in [0.15, 0.2) is 35.0 Å². The summed E-state index contributed by atoms with van der Waals surface area (Å²) >= 11 is 1.48. The molecule has 0 spiro atoms. The van der Waals surface area contributed by atoms with Gasteiger partial charge in [0.25, 0.3) is 0 Å². The zero-order chi connectivity index (χ0) is 16.4. The average molecular weight is 381 g/mol. The standard InChI is InChI=1S/C16H16F4N2S.ClH/c17-14-8-12(7-13(9-14)16(18,19)20)15(11-1-6-23-10-11)22-4-2-21-3-5-22;/h1,6-10,15,21H,2-5H2;1H/t15-;/m0./s1. The monoisotopic (exact) mass is 380 g/mol. The van der Waals surface area contributed by atoms with Gasteiger partial charge in [0.1, 0.15) is 5.82 Å². The molecule has 1 aliphatic rings. The zero-order valence-corrected chi connectivity index (χ0v) is 14.3. The number of hydrogen-bond acceptors (Lipinski definition) is 3. The fraction of sp³-hybridized carbons (Fsp3) is 0.375. The highest BCUT2D eigenvalue weighted by Gasteiger charge is 2.33. The van der Waals surface area contributed by atoms with Crippen molar-refractivity contribution in [3.8, 4) is 0 Å². The maximum Gasteiger partial charge on any atom is 0.416 e. The highest BCUT2D eigenvalue weighted by molar-refractivity contribution is 7.08. The van der Waals surface area contributed by atoms with Crippen molar-refractivity contribution in [2.45, 2.75) is 12.2 Å². The molecule has 2 heterocycles. The van der Waals surface area contributed by atoms with Gasteiger partial charge in [-0.05, 0) is 46.2 Å². The van der Waals surface area contributed by atoms with Gasteiger partial charge in [-0.1, -0.05) is 0 Å². The van der Waals surface area contributed by atoms with Crippen LogP contribution in [0.3, 0.4) is 0 Å². The van der Waals surface area contributed by atoms with Crippen molar-refractivity contribution in [1.82, 2.24) is 10.2 Å². The Kier molecular flexibility index (Phi) is 6.25. The van der Waals surface area contributed by atoms with Crippen molar-refractivity contribution >= 4 is 23.7 Å². The van der Waals surface area contributed by atoms with E-state index >= 15 is 0 Å². The largest absolute Gasteiger partial charge is 0.416 e. The van der Waals surface area contributed by atoms with Crippen LogP contribution in [-0.2, 0) is 6.18 Å². The first-order valence-electron chi connectivity index (χ1n) is 7.30. The maximum absolute atomic E-state index is 13.8. The first-order chi connectivity index (χ1) is 10.9. The predicted octanol–water partition coefficient (Wildman–Crippen LogP) is 4.32. The molecule has 1 aliphatic heterocycles. The number of benzene rings is 1. The van der Waals surface area contributed by atoms with Crippen LogP contribution in [0.25, 0.3) is 0 Å². The van der Waals surface area contributed by atoms with Crippen LogP contribution in [0.2, 0.25) is 0 Å². The summed E-state index contributed by atoms with van der Waals surface area (Å²) < 4.78 is 52.8. The molecule has 1 N–H and O–H groups in total. The maximum atomic E-state index is 13.8. The van der Waals surface area contributed by atoms with Crippen molar-refractivity contribution in [3.05, 3.63) is 57.5 Å². The molecule has 24 heavy (non-hydrogen) atoms. The van der Waals surface area contributed by atoms with Gasteiger partial charge in [0.2, 0.25) is 0 Å². The van der Waals surface area contributed by atoms with Crippen LogP contribution >= 0.6 is 23.7 Å². The second kappa shape index (κ2) is 7.82. The van der Waals surface area contributed by atoms with Crippen LogP contribution < -0.4 is 5.32 Å². The lowest BCUT2D eigenvalue weighted by Gasteiger charge is -2.35. The number of nitrogens with one attached hydrogen (secondary N) is 1. The summed E-state index contributed by atoms with van der Waals surface area (Å²) in [6, 6.07) is 4.34. The van der Waals surface area contributed by atoms with Crippen molar-refractivity contribution < 1.29 is 17.6 Å². The zero-order valence-electron chi connectivity index (χ0n) is 12.6. The number of nitrogens with zero attached hydrogens (tertiary/aromatic N) is 1. The smallest absolute Gasteiger partial charge is 0.314 e. The first kappa shape index (κ1) is 19.2. The van der Waals surface area contributed by atoms with Crippen molar-refractivity contribution in [1.29, 1.82) is 0 Å². The Labute approximate surface area is 147 Å². The molecular weight excluding hydrogens is 364 g/mol. The van der Waals surface area contributed by atoms with E-state index in [4.69, 9.17) is 0 Å². The van der Waals surface area contributed by atoms with E-state index in [0.717, 1.165) is 24.7 Å². The molecule has 0 saturated carbocycles.